The summed E-state index contributed by atoms with van der Waals surface area (Å²) in [5.41, 5.74) is 1.92. The highest BCUT2D eigenvalue weighted by molar-refractivity contribution is 7.05. The van der Waals surface area contributed by atoms with E-state index in [1.807, 2.05) is 7.05 Å². The predicted molar refractivity (Wildman–Crippen MR) is 80.9 cm³/mol. The van der Waals surface area contributed by atoms with Gasteiger partial charge in [-0.1, -0.05) is 36.0 Å². The molecule has 2 aromatic rings. The van der Waals surface area contributed by atoms with Crippen LogP contribution in [0.25, 0.3) is 0 Å². The Bertz CT molecular complexity index is 586. The van der Waals surface area contributed by atoms with Crippen molar-refractivity contribution in [3.8, 4) is 0 Å². The number of rotatable bonds is 5. The van der Waals surface area contributed by atoms with Crippen molar-refractivity contribution in [3.05, 3.63) is 45.2 Å². The molecule has 0 saturated heterocycles. The lowest BCUT2D eigenvalue weighted by molar-refractivity contribution is 0.586. The van der Waals surface area contributed by atoms with Gasteiger partial charge in [-0.3, -0.25) is 0 Å². The topological polar surface area (TPSA) is 37.8 Å². The molecule has 1 aromatic heterocycles. The van der Waals surface area contributed by atoms with E-state index < -0.39 is 0 Å². The van der Waals surface area contributed by atoms with Crippen LogP contribution in [0.5, 0.6) is 0 Å². The van der Waals surface area contributed by atoms with Crippen molar-refractivity contribution in [1.82, 2.24) is 14.9 Å². The summed E-state index contributed by atoms with van der Waals surface area (Å²) in [5, 5.41) is 7.92. The second-order valence-corrected chi connectivity index (χ2v) is 6.15. The molecule has 1 N–H and O–H groups in total. The number of aromatic nitrogens is 2. The molecule has 0 fully saturated rings. The highest BCUT2D eigenvalue weighted by Crippen LogP contribution is 2.30. The molecule has 0 saturated carbocycles. The third-order valence-electron chi connectivity index (χ3n) is 3.19. The summed E-state index contributed by atoms with van der Waals surface area (Å²) in [7, 11) is 1.89. The van der Waals surface area contributed by atoms with Crippen molar-refractivity contribution >= 4 is 23.1 Å². The van der Waals surface area contributed by atoms with Crippen molar-refractivity contribution in [3.63, 3.8) is 0 Å². The minimum absolute atomic E-state index is 0.0790. The Morgan fingerprint density at radius 2 is 2.15 bits per heavy atom. The van der Waals surface area contributed by atoms with Crippen LogP contribution in [0, 0.1) is 5.82 Å². The van der Waals surface area contributed by atoms with Gasteiger partial charge in [-0.25, -0.2) is 4.39 Å². The first-order valence-electron chi connectivity index (χ1n) is 6.46. The van der Waals surface area contributed by atoms with Crippen molar-refractivity contribution in [2.24, 2.45) is 0 Å². The molecule has 0 spiro atoms. The highest BCUT2D eigenvalue weighted by Gasteiger charge is 2.21. The molecule has 0 aliphatic heterocycles. The summed E-state index contributed by atoms with van der Waals surface area (Å²) >= 11 is 7.50. The Hall–Kier alpha value is -1.04. The van der Waals surface area contributed by atoms with Gasteiger partial charge in [0.2, 0.25) is 0 Å². The molecule has 0 aliphatic carbocycles. The molecule has 20 heavy (non-hydrogen) atoms. The zero-order valence-corrected chi connectivity index (χ0v) is 13.2. The van der Waals surface area contributed by atoms with E-state index in [4.69, 9.17) is 11.6 Å². The third-order valence-corrected chi connectivity index (χ3v) is 4.40. The van der Waals surface area contributed by atoms with Gasteiger partial charge >= 0.3 is 0 Å². The molecule has 0 amide bonds. The Morgan fingerprint density at radius 3 is 2.75 bits per heavy atom. The van der Waals surface area contributed by atoms with Crippen LogP contribution in [0.4, 0.5) is 4.39 Å². The van der Waals surface area contributed by atoms with E-state index in [1.165, 1.54) is 23.7 Å². The lowest BCUT2D eigenvalue weighted by Crippen LogP contribution is -2.19. The average molecular weight is 314 g/mol. The van der Waals surface area contributed by atoms with Crippen LogP contribution in [0.1, 0.15) is 41.9 Å². The van der Waals surface area contributed by atoms with Crippen LogP contribution in [0.3, 0.4) is 0 Å². The molecule has 1 atom stereocenters. The quantitative estimate of drug-likeness (QED) is 0.908. The molecular formula is C14H17ClFN3S. The van der Waals surface area contributed by atoms with Crippen LogP contribution >= 0.6 is 23.1 Å². The summed E-state index contributed by atoms with van der Waals surface area (Å²) in [6, 6.07) is 4.58. The SMILES string of the molecule is CNC(Cc1ccc(F)cc1Cl)c1snnc1C(C)C. The van der Waals surface area contributed by atoms with E-state index >= 15 is 0 Å². The summed E-state index contributed by atoms with van der Waals surface area (Å²) in [6.45, 7) is 4.19. The Morgan fingerprint density at radius 1 is 1.40 bits per heavy atom. The van der Waals surface area contributed by atoms with Gasteiger partial charge in [0.05, 0.1) is 10.6 Å². The fourth-order valence-electron chi connectivity index (χ4n) is 2.08. The molecule has 3 nitrogen and oxygen atoms in total. The maximum atomic E-state index is 13.1. The first-order valence-corrected chi connectivity index (χ1v) is 7.61. The van der Waals surface area contributed by atoms with Gasteiger partial charge in [-0.2, -0.15) is 0 Å². The Balaban J connectivity index is 2.26. The van der Waals surface area contributed by atoms with Gasteiger partial charge in [0.25, 0.3) is 0 Å². The molecule has 1 unspecified atom stereocenters. The minimum atomic E-state index is -0.318. The number of nitrogens with zero attached hydrogens (tertiary/aromatic N) is 2. The van der Waals surface area contributed by atoms with E-state index in [9.17, 15) is 4.39 Å². The van der Waals surface area contributed by atoms with Crippen molar-refractivity contribution in [1.29, 1.82) is 0 Å². The molecule has 2 rings (SSSR count). The Labute approximate surface area is 127 Å². The van der Waals surface area contributed by atoms with Gasteiger partial charge in [0.1, 0.15) is 5.82 Å². The first kappa shape index (κ1) is 15.4. The summed E-state index contributed by atoms with van der Waals surface area (Å²) in [4.78, 5) is 1.11. The van der Waals surface area contributed by atoms with Crippen LogP contribution in [-0.2, 0) is 6.42 Å². The monoisotopic (exact) mass is 313 g/mol. The standard InChI is InChI=1S/C14H17ClFN3S/c1-8(2)13-14(20-19-18-13)12(17-3)6-9-4-5-10(16)7-11(9)15/h4-5,7-8,12,17H,6H2,1-3H3. The maximum absolute atomic E-state index is 13.1. The van der Waals surface area contributed by atoms with Crippen LogP contribution in [0.15, 0.2) is 18.2 Å². The molecule has 6 heteroatoms. The van der Waals surface area contributed by atoms with Gasteiger partial charge < -0.3 is 5.32 Å². The van der Waals surface area contributed by atoms with Crippen molar-refractivity contribution < 1.29 is 4.39 Å². The normalized spacial score (nSPS) is 12.9. The summed E-state index contributed by atoms with van der Waals surface area (Å²) < 4.78 is 17.1. The van der Waals surface area contributed by atoms with E-state index in [0.717, 1.165) is 16.1 Å². The van der Waals surface area contributed by atoms with Crippen LogP contribution in [0.2, 0.25) is 5.02 Å². The fourth-order valence-corrected chi connectivity index (χ4v) is 3.24. The lowest BCUT2D eigenvalue weighted by Gasteiger charge is -2.17. The minimum Gasteiger partial charge on any atom is -0.312 e. The Kier molecular flexibility index (Phi) is 5.07. The highest BCUT2D eigenvalue weighted by atomic mass is 35.5. The van der Waals surface area contributed by atoms with Gasteiger partial charge in [0, 0.05) is 11.1 Å². The maximum Gasteiger partial charge on any atom is 0.124 e. The molecule has 0 radical (unpaired) electrons. The number of likely N-dealkylation sites (N-methyl/N-ethyl adjacent to an activating group) is 1. The molecule has 0 bridgehead atoms. The van der Waals surface area contributed by atoms with E-state index in [-0.39, 0.29) is 11.9 Å². The average Bonchev–Trinajstić information content (AvgIpc) is 2.87. The number of halogens is 2. The summed E-state index contributed by atoms with van der Waals surface area (Å²) in [6.07, 6.45) is 0.680. The zero-order valence-electron chi connectivity index (χ0n) is 11.7. The fraction of sp³-hybridized carbons (Fsp3) is 0.429. The third kappa shape index (κ3) is 3.34. The van der Waals surface area contributed by atoms with Gasteiger partial charge in [-0.05, 0) is 48.6 Å². The van der Waals surface area contributed by atoms with E-state index in [2.05, 4.69) is 28.8 Å². The van der Waals surface area contributed by atoms with Crippen molar-refractivity contribution in [2.75, 3.05) is 7.05 Å². The molecule has 1 aromatic carbocycles. The number of hydrogen-bond acceptors (Lipinski definition) is 4. The second-order valence-electron chi connectivity index (χ2n) is 4.96. The van der Waals surface area contributed by atoms with Crippen LogP contribution < -0.4 is 5.32 Å². The number of hydrogen-bond donors (Lipinski definition) is 1. The largest absolute Gasteiger partial charge is 0.312 e. The molecular weight excluding hydrogens is 297 g/mol. The van der Waals surface area contributed by atoms with Crippen LogP contribution in [-0.4, -0.2) is 16.6 Å². The second kappa shape index (κ2) is 6.61. The first-order chi connectivity index (χ1) is 9.52. The molecule has 0 aliphatic rings. The molecule has 108 valence electrons. The lowest BCUT2D eigenvalue weighted by atomic mass is 10.0. The van der Waals surface area contributed by atoms with E-state index in [0.29, 0.717) is 17.4 Å². The van der Waals surface area contributed by atoms with Crippen molar-refractivity contribution in [2.45, 2.75) is 32.2 Å². The van der Waals surface area contributed by atoms with Gasteiger partial charge in [0.15, 0.2) is 0 Å². The number of benzene rings is 1. The smallest absolute Gasteiger partial charge is 0.124 e. The van der Waals surface area contributed by atoms with Gasteiger partial charge in [-0.15, -0.1) is 5.10 Å². The number of nitrogens with one attached hydrogen (secondary N) is 1. The predicted octanol–water partition coefficient (Wildman–Crippen LogP) is 3.96. The zero-order chi connectivity index (χ0) is 14.7. The summed E-state index contributed by atoms with van der Waals surface area (Å²) in [5.74, 6) is 0.00498. The molecule has 1 heterocycles. The van der Waals surface area contributed by atoms with E-state index in [1.54, 1.807) is 6.07 Å².